The normalized spacial score (nSPS) is 15.7. The molecule has 4 rings (SSSR count). The Kier molecular flexibility index (Phi) is 7.51. The largest absolute Gasteiger partial charge is 0.463 e. The Hall–Kier alpha value is -3.24. The van der Waals surface area contributed by atoms with Crippen LogP contribution in [0.25, 0.3) is 6.08 Å². The maximum absolute atomic E-state index is 13.6. The van der Waals surface area contributed by atoms with Crippen molar-refractivity contribution in [3.8, 4) is 5.75 Å². The Morgan fingerprint density at radius 3 is 2.60 bits per heavy atom. The lowest BCUT2D eigenvalue weighted by Crippen LogP contribution is -2.39. The molecule has 0 aliphatic carbocycles. The summed E-state index contributed by atoms with van der Waals surface area (Å²) in [5.41, 5.74) is 1.41. The van der Waals surface area contributed by atoms with E-state index in [0.29, 0.717) is 16.1 Å². The number of rotatable bonds is 7. The predicted molar refractivity (Wildman–Crippen MR) is 132 cm³/mol. The topological polar surface area (TPSA) is 69.9 Å². The smallest absolute Gasteiger partial charge is 0.387 e. The Labute approximate surface area is 208 Å². The Morgan fingerprint density at radius 1 is 1.23 bits per heavy atom. The maximum Gasteiger partial charge on any atom is 0.387 e. The number of para-hydroxylation sites is 1. The quantitative estimate of drug-likeness (QED) is 0.349. The molecular formula is C25H22F2N2O4S2. The van der Waals surface area contributed by atoms with Gasteiger partial charge in [-0.3, -0.25) is 9.36 Å². The number of aromatic nitrogens is 1. The minimum Gasteiger partial charge on any atom is -0.463 e. The number of carbonyl (C=O) groups excluding carboxylic acids is 1. The van der Waals surface area contributed by atoms with Gasteiger partial charge in [-0.25, -0.2) is 9.79 Å². The van der Waals surface area contributed by atoms with Crippen molar-refractivity contribution < 1.29 is 23.0 Å². The standard InChI is InChI=1S/C25H22F2N2O4S2/c1-4-32-23(31)20-14(2)28-25-29(21(20)15-9-11-17(34-3)12-10-15)22(30)19(35-25)13-16-7-5-6-8-18(16)33-24(26)27/h5-13,21,24H,4H2,1-3H3/b19-13+/t21-/m0/s1. The summed E-state index contributed by atoms with van der Waals surface area (Å²) in [6, 6.07) is 13.1. The van der Waals surface area contributed by atoms with E-state index in [1.165, 1.54) is 16.7 Å². The second-order valence-electron chi connectivity index (χ2n) is 7.49. The second kappa shape index (κ2) is 10.6. The van der Waals surface area contributed by atoms with Gasteiger partial charge in [0.2, 0.25) is 0 Å². The lowest BCUT2D eigenvalue weighted by atomic mass is 9.96. The van der Waals surface area contributed by atoms with E-state index in [0.717, 1.165) is 21.8 Å². The molecule has 0 radical (unpaired) electrons. The fourth-order valence-electron chi connectivity index (χ4n) is 3.84. The molecular weight excluding hydrogens is 494 g/mol. The summed E-state index contributed by atoms with van der Waals surface area (Å²) in [6.07, 6.45) is 3.46. The lowest BCUT2D eigenvalue weighted by Gasteiger charge is -2.24. The molecule has 1 atom stereocenters. The highest BCUT2D eigenvalue weighted by molar-refractivity contribution is 7.98. The predicted octanol–water partition coefficient (Wildman–Crippen LogP) is 4.12. The molecule has 0 amide bonds. The van der Waals surface area contributed by atoms with Gasteiger partial charge in [-0.2, -0.15) is 8.78 Å². The van der Waals surface area contributed by atoms with Gasteiger partial charge in [-0.15, -0.1) is 11.8 Å². The van der Waals surface area contributed by atoms with Crippen molar-refractivity contribution in [2.24, 2.45) is 4.99 Å². The molecule has 6 nitrogen and oxygen atoms in total. The van der Waals surface area contributed by atoms with E-state index < -0.39 is 24.2 Å². The Bertz CT molecular complexity index is 1460. The van der Waals surface area contributed by atoms with Crippen LogP contribution in [0.4, 0.5) is 8.78 Å². The molecule has 2 heterocycles. The number of fused-ring (bicyclic) bond motifs is 1. The molecule has 35 heavy (non-hydrogen) atoms. The number of thioether (sulfide) groups is 1. The Morgan fingerprint density at radius 2 is 1.94 bits per heavy atom. The summed E-state index contributed by atoms with van der Waals surface area (Å²) in [4.78, 5) is 32.5. The van der Waals surface area contributed by atoms with Crippen molar-refractivity contribution in [2.75, 3.05) is 12.9 Å². The van der Waals surface area contributed by atoms with Gasteiger partial charge in [0, 0.05) is 10.5 Å². The van der Waals surface area contributed by atoms with Crippen LogP contribution in [0.5, 0.6) is 5.75 Å². The van der Waals surface area contributed by atoms with Crippen molar-refractivity contribution >= 4 is 35.1 Å². The van der Waals surface area contributed by atoms with Crippen LogP contribution in [0.2, 0.25) is 0 Å². The van der Waals surface area contributed by atoms with E-state index in [1.807, 2.05) is 30.5 Å². The Balaban J connectivity index is 1.92. The first-order valence-corrected chi connectivity index (χ1v) is 12.8. The van der Waals surface area contributed by atoms with E-state index in [4.69, 9.17) is 4.74 Å². The molecule has 0 N–H and O–H groups in total. The van der Waals surface area contributed by atoms with Crippen LogP contribution in [0.15, 0.2) is 74.5 Å². The first kappa shape index (κ1) is 24.9. The number of thiazole rings is 1. The van der Waals surface area contributed by atoms with Crippen LogP contribution in [-0.2, 0) is 9.53 Å². The summed E-state index contributed by atoms with van der Waals surface area (Å²) >= 11 is 2.70. The number of carbonyl (C=O) groups is 1. The number of benzene rings is 2. The lowest BCUT2D eigenvalue weighted by molar-refractivity contribution is -0.139. The fourth-order valence-corrected chi connectivity index (χ4v) is 5.28. The van der Waals surface area contributed by atoms with Gasteiger partial charge in [0.05, 0.1) is 28.5 Å². The van der Waals surface area contributed by atoms with Crippen LogP contribution >= 0.6 is 23.1 Å². The molecule has 3 aromatic rings. The number of allylic oxidation sites excluding steroid dienone is 1. The highest BCUT2D eigenvalue weighted by atomic mass is 32.2. The summed E-state index contributed by atoms with van der Waals surface area (Å²) in [5, 5.41) is 0. The first-order chi connectivity index (χ1) is 16.8. The minimum atomic E-state index is -3.00. The average Bonchev–Trinajstić information content (AvgIpc) is 3.13. The number of halogens is 2. The van der Waals surface area contributed by atoms with Gasteiger partial charge in [0.1, 0.15) is 5.75 Å². The monoisotopic (exact) mass is 516 g/mol. The number of hydrogen-bond donors (Lipinski definition) is 0. The third-order valence-electron chi connectivity index (χ3n) is 5.37. The zero-order valence-electron chi connectivity index (χ0n) is 19.2. The highest BCUT2D eigenvalue weighted by Crippen LogP contribution is 2.31. The van der Waals surface area contributed by atoms with E-state index in [9.17, 15) is 18.4 Å². The number of ether oxygens (including phenoxy) is 2. The van der Waals surface area contributed by atoms with Gasteiger partial charge in [0.25, 0.3) is 5.56 Å². The maximum atomic E-state index is 13.6. The third-order valence-corrected chi connectivity index (χ3v) is 7.10. The average molecular weight is 517 g/mol. The third kappa shape index (κ3) is 5.08. The number of hydrogen-bond acceptors (Lipinski definition) is 7. The van der Waals surface area contributed by atoms with Crippen LogP contribution < -0.4 is 19.6 Å². The molecule has 0 fully saturated rings. The van der Waals surface area contributed by atoms with Gasteiger partial charge < -0.3 is 9.47 Å². The van der Waals surface area contributed by atoms with Crippen LogP contribution in [-0.4, -0.2) is 30.0 Å². The number of alkyl halides is 2. The first-order valence-electron chi connectivity index (χ1n) is 10.7. The summed E-state index contributed by atoms with van der Waals surface area (Å²) in [6.45, 7) is 0.603. The fraction of sp³-hybridized carbons (Fsp3) is 0.240. The van der Waals surface area contributed by atoms with Crippen molar-refractivity contribution in [1.29, 1.82) is 0 Å². The summed E-state index contributed by atoms with van der Waals surface area (Å²) < 4.78 is 37.3. The van der Waals surface area contributed by atoms with E-state index in [-0.39, 0.29) is 22.5 Å². The molecule has 1 aromatic heterocycles. The van der Waals surface area contributed by atoms with Crippen molar-refractivity contribution in [2.45, 2.75) is 31.4 Å². The van der Waals surface area contributed by atoms with Crippen LogP contribution in [0.1, 0.15) is 31.0 Å². The molecule has 0 saturated carbocycles. The summed E-state index contributed by atoms with van der Waals surface area (Å²) in [7, 11) is 0. The van der Waals surface area contributed by atoms with E-state index in [2.05, 4.69) is 9.73 Å². The second-order valence-corrected chi connectivity index (χ2v) is 9.38. The molecule has 10 heteroatoms. The zero-order valence-corrected chi connectivity index (χ0v) is 20.8. The molecule has 0 bridgehead atoms. The summed E-state index contributed by atoms with van der Waals surface area (Å²) in [5.74, 6) is -0.585. The molecule has 0 unspecified atom stereocenters. The molecule has 182 valence electrons. The SMILES string of the molecule is CCOC(=O)C1=C(C)N=c2s/c(=C/c3ccccc3OC(F)F)c(=O)n2[C@H]1c1ccc(SC)cc1. The molecule has 1 aliphatic rings. The van der Waals surface area contributed by atoms with Gasteiger partial charge in [-0.05, 0) is 49.9 Å². The van der Waals surface area contributed by atoms with Crippen molar-refractivity contribution in [3.05, 3.63) is 90.6 Å². The zero-order chi connectivity index (χ0) is 25.1. The van der Waals surface area contributed by atoms with Gasteiger partial charge in [0.15, 0.2) is 4.80 Å². The number of nitrogens with zero attached hydrogens (tertiary/aromatic N) is 2. The van der Waals surface area contributed by atoms with E-state index >= 15 is 0 Å². The molecule has 2 aromatic carbocycles. The van der Waals surface area contributed by atoms with Crippen molar-refractivity contribution in [3.63, 3.8) is 0 Å². The van der Waals surface area contributed by atoms with Crippen LogP contribution in [0, 0.1) is 0 Å². The minimum absolute atomic E-state index is 0.0408. The van der Waals surface area contributed by atoms with Crippen molar-refractivity contribution in [1.82, 2.24) is 4.57 Å². The molecule has 1 aliphatic heterocycles. The van der Waals surface area contributed by atoms with Gasteiger partial charge in [-0.1, -0.05) is 41.7 Å². The van der Waals surface area contributed by atoms with Gasteiger partial charge >= 0.3 is 12.6 Å². The van der Waals surface area contributed by atoms with Crippen LogP contribution in [0.3, 0.4) is 0 Å². The molecule has 0 spiro atoms. The number of esters is 1. The van der Waals surface area contributed by atoms with E-state index in [1.54, 1.807) is 43.8 Å². The molecule has 0 saturated heterocycles. The highest BCUT2D eigenvalue weighted by Gasteiger charge is 2.33.